The number of urea groups is 1. The smallest absolute Gasteiger partial charge is 0.325 e. The molecule has 0 aromatic heterocycles. The molecule has 1 heterocycles. The Morgan fingerprint density at radius 2 is 2.17 bits per heavy atom. The van der Waals surface area contributed by atoms with Gasteiger partial charge in [0, 0.05) is 37.0 Å². The number of hydrogen-bond donors (Lipinski definition) is 1. The normalized spacial score (nSPS) is 14.6. The second kappa shape index (κ2) is 8.89. The molecule has 3 amide bonds. The molecule has 1 aromatic carbocycles. The number of ether oxygens (including phenoxy) is 1. The van der Waals surface area contributed by atoms with Crippen molar-refractivity contribution in [3.63, 3.8) is 0 Å². The molecule has 2 rings (SSSR count). The third-order valence-corrected chi connectivity index (χ3v) is 3.88. The highest BCUT2D eigenvalue weighted by atomic mass is 35.5. The molecule has 0 atom stereocenters. The second-order valence-electron chi connectivity index (χ2n) is 5.96. The summed E-state index contributed by atoms with van der Waals surface area (Å²) in [5.74, 6) is -0.152. The largest absolute Gasteiger partial charge is 0.379 e. The number of carbonyl (C=O) groups is 2. The molecule has 0 aliphatic carbocycles. The topological polar surface area (TPSA) is 61.9 Å². The van der Waals surface area contributed by atoms with E-state index in [0.29, 0.717) is 31.3 Å². The summed E-state index contributed by atoms with van der Waals surface area (Å²) >= 11 is 5.97. The Morgan fingerprint density at radius 3 is 2.88 bits per heavy atom. The van der Waals surface area contributed by atoms with E-state index in [2.05, 4.69) is 5.32 Å². The Balaban J connectivity index is 1.76. The molecule has 6 nitrogen and oxygen atoms in total. The zero-order valence-corrected chi connectivity index (χ0v) is 14.9. The molecule has 1 saturated heterocycles. The van der Waals surface area contributed by atoms with E-state index in [1.807, 2.05) is 19.9 Å². The zero-order valence-electron chi connectivity index (χ0n) is 14.1. The van der Waals surface area contributed by atoms with E-state index in [1.165, 1.54) is 0 Å². The summed E-state index contributed by atoms with van der Waals surface area (Å²) in [7, 11) is 0. The van der Waals surface area contributed by atoms with Crippen molar-refractivity contribution in [1.29, 1.82) is 0 Å². The van der Waals surface area contributed by atoms with E-state index in [0.717, 1.165) is 12.1 Å². The van der Waals surface area contributed by atoms with Gasteiger partial charge in [-0.05, 0) is 38.5 Å². The summed E-state index contributed by atoms with van der Waals surface area (Å²) in [5.41, 5.74) is 0.751. The molecule has 1 fully saturated rings. The van der Waals surface area contributed by atoms with E-state index in [9.17, 15) is 9.59 Å². The Bertz CT molecular complexity index is 580. The van der Waals surface area contributed by atoms with E-state index in [-0.39, 0.29) is 24.6 Å². The number of nitrogens with zero attached hydrogens (tertiary/aromatic N) is 2. The number of amides is 3. The minimum Gasteiger partial charge on any atom is -0.379 e. The average Bonchev–Trinajstić information content (AvgIpc) is 2.87. The molecule has 0 bridgehead atoms. The van der Waals surface area contributed by atoms with Crippen LogP contribution in [0.15, 0.2) is 24.3 Å². The van der Waals surface area contributed by atoms with Gasteiger partial charge in [0.2, 0.25) is 5.91 Å². The summed E-state index contributed by atoms with van der Waals surface area (Å²) in [6, 6.07) is 6.98. The van der Waals surface area contributed by atoms with Gasteiger partial charge in [0.05, 0.1) is 6.10 Å². The molecule has 7 heteroatoms. The first kappa shape index (κ1) is 18.5. The number of nitrogens with one attached hydrogen (secondary N) is 1. The van der Waals surface area contributed by atoms with Crippen LogP contribution >= 0.6 is 11.6 Å². The lowest BCUT2D eigenvalue weighted by molar-refractivity contribution is -0.121. The van der Waals surface area contributed by atoms with Gasteiger partial charge in [0.15, 0.2) is 0 Å². The predicted molar refractivity (Wildman–Crippen MR) is 94.5 cm³/mol. The van der Waals surface area contributed by atoms with Gasteiger partial charge in [-0.15, -0.1) is 0 Å². The van der Waals surface area contributed by atoms with Gasteiger partial charge in [0.25, 0.3) is 0 Å². The van der Waals surface area contributed by atoms with E-state index in [1.54, 1.807) is 28.0 Å². The molecule has 0 spiro atoms. The quantitative estimate of drug-likeness (QED) is 0.730. The lowest BCUT2D eigenvalue weighted by Crippen LogP contribution is -2.40. The summed E-state index contributed by atoms with van der Waals surface area (Å²) in [6.45, 7) is 6.26. The molecule has 0 saturated carbocycles. The second-order valence-corrected chi connectivity index (χ2v) is 6.40. The molecule has 1 aliphatic heterocycles. The van der Waals surface area contributed by atoms with Crippen LogP contribution in [0.25, 0.3) is 0 Å². The van der Waals surface area contributed by atoms with Gasteiger partial charge in [-0.1, -0.05) is 17.7 Å². The van der Waals surface area contributed by atoms with Crippen LogP contribution < -0.4 is 10.2 Å². The molecule has 132 valence electrons. The predicted octanol–water partition coefficient (Wildman–Crippen LogP) is 2.51. The van der Waals surface area contributed by atoms with Crippen molar-refractivity contribution < 1.29 is 14.3 Å². The molecule has 24 heavy (non-hydrogen) atoms. The first-order chi connectivity index (χ1) is 11.5. The fraction of sp³-hybridized carbons (Fsp3) is 0.529. The Labute approximate surface area is 147 Å². The standard InChI is InChI=1S/C17H24ClN3O3/c1-13(2)24-10-4-7-19-16(22)12-20-8-9-21(17(20)23)15-6-3-5-14(18)11-15/h3,5-6,11,13H,4,7-10,12H2,1-2H3,(H,19,22). The number of carbonyl (C=O) groups excluding carboxylic acids is 2. The first-order valence-corrected chi connectivity index (χ1v) is 8.55. The summed E-state index contributed by atoms with van der Waals surface area (Å²) in [4.78, 5) is 27.5. The first-order valence-electron chi connectivity index (χ1n) is 8.17. The van der Waals surface area contributed by atoms with Crippen molar-refractivity contribution in [2.45, 2.75) is 26.4 Å². The van der Waals surface area contributed by atoms with E-state index in [4.69, 9.17) is 16.3 Å². The van der Waals surface area contributed by atoms with Crippen LogP contribution in [0.2, 0.25) is 5.02 Å². The van der Waals surface area contributed by atoms with Gasteiger partial charge in [-0.25, -0.2) is 4.79 Å². The highest BCUT2D eigenvalue weighted by molar-refractivity contribution is 6.30. The van der Waals surface area contributed by atoms with Crippen LogP contribution in [-0.4, -0.2) is 55.7 Å². The van der Waals surface area contributed by atoms with Gasteiger partial charge >= 0.3 is 6.03 Å². The number of halogens is 1. The number of anilines is 1. The van der Waals surface area contributed by atoms with Crippen LogP contribution in [-0.2, 0) is 9.53 Å². The third kappa shape index (κ3) is 5.39. The minimum absolute atomic E-state index is 0.0704. The summed E-state index contributed by atoms with van der Waals surface area (Å²) < 4.78 is 5.41. The van der Waals surface area contributed by atoms with Crippen molar-refractivity contribution in [3.05, 3.63) is 29.3 Å². The van der Waals surface area contributed by atoms with E-state index >= 15 is 0 Å². The highest BCUT2D eigenvalue weighted by Gasteiger charge is 2.30. The van der Waals surface area contributed by atoms with Crippen molar-refractivity contribution >= 4 is 29.2 Å². The van der Waals surface area contributed by atoms with Crippen LogP contribution in [0.4, 0.5) is 10.5 Å². The third-order valence-electron chi connectivity index (χ3n) is 3.64. The van der Waals surface area contributed by atoms with Crippen LogP contribution in [0, 0.1) is 0 Å². The highest BCUT2D eigenvalue weighted by Crippen LogP contribution is 2.23. The van der Waals surface area contributed by atoms with Crippen molar-refractivity contribution in [2.24, 2.45) is 0 Å². The zero-order chi connectivity index (χ0) is 17.5. The molecular formula is C17H24ClN3O3. The molecule has 1 N–H and O–H groups in total. The number of hydrogen-bond acceptors (Lipinski definition) is 3. The Kier molecular flexibility index (Phi) is 6.87. The minimum atomic E-state index is -0.171. The van der Waals surface area contributed by atoms with E-state index < -0.39 is 0 Å². The fourth-order valence-electron chi connectivity index (χ4n) is 2.46. The van der Waals surface area contributed by atoms with Crippen molar-refractivity contribution in [3.8, 4) is 0 Å². The molecule has 0 unspecified atom stereocenters. The van der Waals surface area contributed by atoms with Crippen molar-refractivity contribution in [1.82, 2.24) is 10.2 Å². The molecule has 1 aromatic rings. The lowest BCUT2D eigenvalue weighted by atomic mass is 10.3. The van der Waals surface area contributed by atoms with Gasteiger partial charge in [-0.3, -0.25) is 9.69 Å². The Morgan fingerprint density at radius 1 is 1.38 bits per heavy atom. The van der Waals surface area contributed by atoms with Gasteiger partial charge in [0.1, 0.15) is 6.54 Å². The number of rotatable bonds is 8. The maximum atomic E-state index is 12.4. The van der Waals surface area contributed by atoms with Gasteiger partial charge in [-0.2, -0.15) is 0 Å². The lowest BCUT2D eigenvalue weighted by Gasteiger charge is -2.18. The molecule has 1 aliphatic rings. The average molecular weight is 354 g/mol. The maximum Gasteiger partial charge on any atom is 0.325 e. The summed E-state index contributed by atoms with van der Waals surface area (Å²) in [5, 5.41) is 3.40. The molecular weight excluding hydrogens is 330 g/mol. The molecule has 0 radical (unpaired) electrons. The van der Waals surface area contributed by atoms with Gasteiger partial charge < -0.3 is 15.0 Å². The number of benzene rings is 1. The maximum absolute atomic E-state index is 12.4. The van der Waals surface area contributed by atoms with Crippen molar-refractivity contribution in [2.75, 3.05) is 37.7 Å². The van der Waals surface area contributed by atoms with Crippen LogP contribution in [0.5, 0.6) is 0 Å². The summed E-state index contributed by atoms with van der Waals surface area (Å²) in [6.07, 6.45) is 0.951. The monoisotopic (exact) mass is 353 g/mol. The fourth-order valence-corrected chi connectivity index (χ4v) is 2.65. The van der Waals surface area contributed by atoms with Crippen LogP contribution in [0.3, 0.4) is 0 Å². The van der Waals surface area contributed by atoms with Crippen LogP contribution in [0.1, 0.15) is 20.3 Å². The SMILES string of the molecule is CC(C)OCCCNC(=O)CN1CCN(c2cccc(Cl)c2)C1=O. The Hall–Kier alpha value is -1.79.